The van der Waals surface area contributed by atoms with Gasteiger partial charge in [-0.15, -0.1) is 0 Å². The lowest BCUT2D eigenvalue weighted by Crippen LogP contribution is -2.05. The van der Waals surface area contributed by atoms with Gasteiger partial charge in [0.1, 0.15) is 0 Å². The van der Waals surface area contributed by atoms with E-state index < -0.39 is 11.6 Å². The van der Waals surface area contributed by atoms with Gasteiger partial charge in [0, 0.05) is 17.1 Å². The molecule has 0 heterocycles. The second kappa shape index (κ2) is 6.86. The maximum Gasteiger partial charge on any atom is 0.162 e. The van der Waals surface area contributed by atoms with Crippen LogP contribution in [0.1, 0.15) is 19.4 Å². The molecule has 0 bridgehead atoms. The van der Waals surface area contributed by atoms with Crippen molar-refractivity contribution in [2.75, 3.05) is 12.4 Å². The average Bonchev–Trinajstić information content (AvgIpc) is 2.23. The fourth-order valence-corrected chi connectivity index (χ4v) is 1.99. The summed E-state index contributed by atoms with van der Waals surface area (Å²) in [5.41, 5.74) is 0.412. The quantitative estimate of drug-likeness (QED) is 0.709. The van der Waals surface area contributed by atoms with Crippen LogP contribution in [0.15, 0.2) is 18.2 Å². The Morgan fingerprint density at radius 2 is 2.06 bits per heavy atom. The van der Waals surface area contributed by atoms with Crippen LogP contribution in [0.5, 0.6) is 0 Å². The van der Waals surface area contributed by atoms with Gasteiger partial charge < -0.3 is 4.74 Å². The molecule has 1 rings (SSSR count). The highest BCUT2D eigenvalue weighted by Crippen LogP contribution is 2.17. The molecule has 0 radical (unpaired) electrons. The van der Waals surface area contributed by atoms with E-state index in [1.165, 1.54) is 17.8 Å². The van der Waals surface area contributed by atoms with Crippen LogP contribution in [0, 0.1) is 11.6 Å². The van der Waals surface area contributed by atoms with Gasteiger partial charge >= 0.3 is 0 Å². The van der Waals surface area contributed by atoms with Crippen molar-refractivity contribution in [3.63, 3.8) is 0 Å². The molecule has 0 aliphatic rings. The zero-order valence-corrected chi connectivity index (χ0v) is 10.3. The Bertz CT molecular complexity index is 329. The third-order valence-electron chi connectivity index (χ3n) is 1.97. The molecule has 0 saturated heterocycles. The summed E-state index contributed by atoms with van der Waals surface area (Å²) < 4.78 is 31.4. The number of rotatable bonds is 6. The first-order valence-electron chi connectivity index (χ1n) is 5.23. The minimum absolute atomic E-state index is 0.214. The molecule has 0 aromatic heterocycles. The van der Waals surface area contributed by atoms with E-state index in [-0.39, 0.29) is 6.10 Å². The molecular formula is C12H16F2OS. The Labute approximate surface area is 99.2 Å². The van der Waals surface area contributed by atoms with Crippen LogP contribution < -0.4 is 0 Å². The zero-order chi connectivity index (χ0) is 12.0. The summed E-state index contributed by atoms with van der Waals surface area (Å²) in [6, 6.07) is 4.26. The number of hydrogen-bond acceptors (Lipinski definition) is 2. The van der Waals surface area contributed by atoms with Crippen molar-refractivity contribution >= 4 is 11.8 Å². The maximum absolute atomic E-state index is 13.2. The van der Waals surface area contributed by atoms with E-state index in [1.54, 1.807) is 6.07 Å². The highest BCUT2D eigenvalue weighted by Gasteiger charge is 2.06. The van der Waals surface area contributed by atoms with E-state index in [0.717, 1.165) is 11.8 Å². The second-order valence-electron chi connectivity index (χ2n) is 3.69. The Morgan fingerprint density at radius 3 is 2.75 bits per heavy atom. The van der Waals surface area contributed by atoms with Crippen molar-refractivity contribution in [2.45, 2.75) is 25.7 Å². The molecule has 0 atom stereocenters. The van der Waals surface area contributed by atoms with Gasteiger partial charge in [0.25, 0.3) is 0 Å². The van der Waals surface area contributed by atoms with Crippen LogP contribution in [0.2, 0.25) is 0 Å². The predicted octanol–water partition coefficient (Wildman–Crippen LogP) is 3.62. The van der Waals surface area contributed by atoms with Gasteiger partial charge in [-0.1, -0.05) is 12.1 Å². The lowest BCUT2D eigenvalue weighted by Gasteiger charge is -2.07. The molecule has 4 heteroatoms. The van der Waals surface area contributed by atoms with Crippen molar-refractivity contribution in [3.05, 3.63) is 35.4 Å². The van der Waals surface area contributed by atoms with Gasteiger partial charge in [0.15, 0.2) is 11.6 Å². The molecule has 16 heavy (non-hydrogen) atoms. The minimum Gasteiger partial charge on any atom is -0.378 e. The van der Waals surface area contributed by atoms with Gasteiger partial charge in [-0.2, -0.15) is 11.8 Å². The van der Waals surface area contributed by atoms with E-state index in [1.807, 2.05) is 13.8 Å². The first-order valence-corrected chi connectivity index (χ1v) is 6.39. The van der Waals surface area contributed by atoms with Gasteiger partial charge in [0.2, 0.25) is 0 Å². The lowest BCUT2D eigenvalue weighted by atomic mass is 10.2. The fourth-order valence-electron chi connectivity index (χ4n) is 1.18. The van der Waals surface area contributed by atoms with Crippen molar-refractivity contribution in [3.8, 4) is 0 Å². The summed E-state index contributed by atoms with van der Waals surface area (Å²) >= 11 is 1.54. The summed E-state index contributed by atoms with van der Waals surface area (Å²) in [6.07, 6.45) is 0.214. The van der Waals surface area contributed by atoms with Gasteiger partial charge in [-0.05, 0) is 19.9 Å². The summed E-state index contributed by atoms with van der Waals surface area (Å²) in [7, 11) is 0. The number of hydrogen-bond donors (Lipinski definition) is 0. The Morgan fingerprint density at radius 1 is 1.31 bits per heavy atom. The Balaban J connectivity index is 2.29. The summed E-state index contributed by atoms with van der Waals surface area (Å²) in [4.78, 5) is 0. The molecule has 0 fully saturated rings. The molecule has 0 saturated carbocycles. The first kappa shape index (κ1) is 13.5. The van der Waals surface area contributed by atoms with Crippen LogP contribution in [0.25, 0.3) is 0 Å². The van der Waals surface area contributed by atoms with Gasteiger partial charge in [-0.25, -0.2) is 8.78 Å². The number of ether oxygens (including phenoxy) is 1. The average molecular weight is 246 g/mol. The van der Waals surface area contributed by atoms with Gasteiger partial charge in [0.05, 0.1) is 12.7 Å². The first-order chi connectivity index (χ1) is 7.61. The molecule has 0 amide bonds. The fraction of sp³-hybridized carbons (Fsp3) is 0.500. The van der Waals surface area contributed by atoms with Crippen LogP contribution >= 0.6 is 11.8 Å². The summed E-state index contributed by atoms with van der Waals surface area (Å²) in [5.74, 6) is -0.254. The molecule has 90 valence electrons. The van der Waals surface area contributed by atoms with Gasteiger partial charge in [-0.3, -0.25) is 0 Å². The van der Waals surface area contributed by atoms with Crippen molar-refractivity contribution in [2.24, 2.45) is 0 Å². The highest BCUT2D eigenvalue weighted by atomic mass is 32.2. The van der Waals surface area contributed by atoms with E-state index in [4.69, 9.17) is 4.74 Å². The standard InChI is InChI=1S/C12H16F2OS/c1-9(2)15-6-7-16-8-10-4-3-5-11(13)12(10)14/h3-5,9H,6-8H2,1-2H3. The highest BCUT2D eigenvalue weighted by molar-refractivity contribution is 7.98. The Kier molecular flexibility index (Phi) is 5.77. The molecule has 1 aromatic carbocycles. The molecule has 0 N–H and O–H groups in total. The normalized spacial score (nSPS) is 11.1. The molecule has 0 aliphatic heterocycles. The molecule has 1 aromatic rings. The van der Waals surface area contributed by atoms with E-state index >= 15 is 0 Å². The molecular weight excluding hydrogens is 230 g/mol. The monoisotopic (exact) mass is 246 g/mol. The molecule has 0 aliphatic carbocycles. The zero-order valence-electron chi connectivity index (χ0n) is 9.50. The van der Waals surface area contributed by atoms with Crippen LogP contribution in [-0.2, 0) is 10.5 Å². The topological polar surface area (TPSA) is 9.23 Å². The third-order valence-corrected chi connectivity index (χ3v) is 2.94. The molecule has 1 nitrogen and oxygen atoms in total. The van der Waals surface area contributed by atoms with Crippen molar-refractivity contribution in [1.82, 2.24) is 0 Å². The Hall–Kier alpha value is -0.610. The minimum atomic E-state index is -0.781. The number of benzene rings is 1. The maximum atomic E-state index is 13.2. The largest absolute Gasteiger partial charge is 0.378 e. The van der Waals surface area contributed by atoms with E-state index in [2.05, 4.69) is 0 Å². The predicted molar refractivity (Wildman–Crippen MR) is 63.6 cm³/mol. The molecule has 0 unspecified atom stereocenters. The van der Waals surface area contributed by atoms with Crippen LogP contribution in [-0.4, -0.2) is 18.5 Å². The second-order valence-corrected chi connectivity index (χ2v) is 4.79. The number of thioether (sulfide) groups is 1. The van der Waals surface area contributed by atoms with Crippen molar-refractivity contribution < 1.29 is 13.5 Å². The lowest BCUT2D eigenvalue weighted by molar-refractivity contribution is 0.0920. The third kappa shape index (κ3) is 4.49. The smallest absolute Gasteiger partial charge is 0.162 e. The summed E-state index contributed by atoms with van der Waals surface area (Å²) in [6.45, 7) is 4.58. The van der Waals surface area contributed by atoms with Crippen LogP contribution in [0.4, 0.5) is 8.78 Å². The molecule has 0 spiro atoms. The van der Waals surface area contributed by atoms with E-state index in [9.17, 15) is 8.78 Å². The SMILES string of the molecule is CC(C)OCCSCc1cccc(F)c1F. The number of halogens is 2. The van der Waals surface area contributed by atoms with E-state index in [0.29, 0.717) is 17.9 Å². The van der Waals surface area contributed by atoms with Crippen molar-refractivity contribution in [1.29, 1.82) is 0 Å². The van der Waals surface area contributed by atoms with Crippen LogP contribution in [0.3, 0.4) is 0 Å². The summed E-state index contributed by atoms with van der Waals surface area (Å²) in [5, 5.41) is 0.